The van der Waals surface area contributed by atoms with Crippen LogP contribution in [0.25, 0.3) is 0 Å². The molecule has 0 atom stereocenters. The Labute approximate surface area is 71.9 Å². The molecule has 0 unspecified atom stereocenters. The van der Waals surface area contributed by atoms with Gasteiger partial charge in [-0.3, -0.25) is 0 Å². The van der Waals surface area contributed by atoms with Gasteiger partial charge in [-0.1, -0.05) is 0 Å². The van der Waals surface area contributed by atoms with Crippen LogP contribution in [0.15, 0.2) is 0 Å². The van der Waals surface area contributed by atoms with Gasteiger partial charge in [-0.2, -0.15) is 0 Å². The molecule has 0 aromatic carbocycles. The monoisotopic (exact) mass is 248 g/mol. The van der Waals surface area contributed by atoms with Gasteiger partial charge in [0.1, 0.15) is 0 Å². The third-order valence-corrected chi connectivity index (χ3v) is 0. The second-order valence-electron chi connectivity index (χ2n) is 0. The van der Waals surface area contributed by atoms with Crippen LogP contribution in [0, 0.1) is 0 Å². The average Bonchev–Trinajstić information content (AvgIpc) is 0. The van der Waals surface area contributed by atoms with Crippen LogP contribution in [0.3, 0.4) is 0 Å². The van der Waals surface area contributed by atoms with E-state index in [1.807, 2.05) is 0 Å². The molecule has 0 rings (SSSR count). The Morgan fingerprint density at radius 1 is 0.800 bits per heavy atom. The fourth-order valence-corrected chi connectivity index (χ4v) is 0. The van der Waals surface area contributed by atoms with E-state index in [0.29, 0.717) is 0 Å². The van der Waals surface area contributed by atoms with Crippen LogP contribution in [-0.4, -0.2) is 5.48 Å². The molecule has 0 amide bonds. The Balaban J connectivity index is 0. The molecule has 0 aliphatic rings. The van der Waals surface area contributed by atoms with E-state index in [1.54, 1.807) is 0 Å². The van der Waals surface area contributed by atoms with Gasteiger partial charge in [0.2, 0.25) is 0 Å². The van der Waals surface area contributed by atoms with E-state index in [0.717, 1.165) is 0 Å². The summed E-state index contributed by atoms with van der Waals surface area (Å²) in [5.41, 5.74) is 0. The van der Waals surface area contributed by atoms with Gasteiger partial charge in [0.15, 0.2) is 0 Å². The smallest absolute Gasteiger partial charge is 0 e. The quantitative estimate of drug-likeness (QED) is 0.502. The predicted molar refractivity (Wildman–Crippen MR) is 3.61 cm³/mol. The molecular weight excluding hydrogens is 247 g/mol. The normalized spacial score (nSPS) is 0. The summed E-state index contributed by atoms with van der Waals surface area (Å²) in [4.78, 5) is 0. The van der Waals surface area contributed by atoms with E-state index in [2.05, 4.69) is 0 Å². The van der Waals surface area contributed by atoms with Gasteiger partial charge < -0.3 is 5.48 Å². The third-order valence-electron chi connectivity index (χ3n) is 0. The fourth-order valence-electron chi connectivity index (χ4n) is 0. The Morgan fingerprint density at radius 2 is 0.800 bits per heavy atom. The van der Waals surface area contributed by atoms with E-state index in [-0.39, 0.29) is 72.3 Å². The van der Waals surface area contributed by atoms with Gasteiger partial charge in [-0.15, -0.1) is 0 Å². The largest absolute Gasteiger partial charge is 0.412 e. The number of rotatable bonds is 0. The molecule has 1 nitrogen and oxygen atoms in total. The Morgan fingerprint density at radius 3 is 0.800 bits per heavy atom. The van der Waals surface area contributed by atoms with Crippen molar-refractivity contribution in [3.8, 4) is 0 Å². The molecule has 0 heterocycles. The molecule has 5 heavy (non-hydrogen) atoms. The van der Waals surface area contributed by atoms with Crippen molar-refractivity contribution in [3.63, 3.8) is 0 Å². The van der Waals surface area contributed by atoms with Crippen molar-refractivity contribution in [2.24, 2.45) is 0 Å². The van der Waals surface area contributed by atoms with Gasteiger partial charge >= 0.3 is 0 Å². The Hall–Kier alpha value is 1.97. The minimum absolute atomic E-state index is 0. The van der Waals surface area contributed by atoms with Crippen molar-refractivity contribution in [3.05, 3.63) is 0 Å². The molecule has 0 saturated heterocycles. The first-order valence-corrected chi connectivity index (χ1v) is 0. The van der Waals surface area contributed by atoms with E-state index >= 15 is 0 Å². The maximum atomic E-state index is 0. The summed E-state index contributed by atoms with van der Waals surface area (Å²) >= 11 is 0. The predicted octanol–water partition coefficient (Wildman–Crippen LogP) is -0.835. The summed E-state index contributed by atoms with van der Waals surface area (Å²) in [5, 5.41) is 0. The molecule has 0 spiro atoms. The molecular formula is H2CoMnNi2O. The topological polar surface area (TPSA) is 31.5 Å². The van der Waals surface area contributed by atoms with E-state index in [1.165, 1.54) is 0 Å². The van der Waals surface area contributed by atoms with Crippen LogP contribution in [-0.2, 0) is 66.8 Å². The van der Waals surface area contributed by atoms with Crippen molar-refractivity contribution in [1.29, 1.82) is 0 Å². The fraction of sp³-hybridized carbons (Fsp3) is 0. The van der Waals surface area contributed by atoms with Gasteiger partial charge in [0.05, 0.1) is 0 Å². The Kier molecular flexibility index (Phi) is 485. The van der Waals surface area contributed by atoms with Crippen LogP contribution in [0.2, 0.25) is 0 Å². The van der Waals surface area contributed by atoms with Crippen molar-refractivity contribution < 1.29 is 72.3 Å². The van der Waals surface area contributed by atoms with Crippen molar-refractivity contribution in [1.82, 2.24) is 0 Å². The van der Waals surface area contributed by atoms with Gasteiger partial charge in [0.25, 0.3) is 0 Å². The molecule has 0 aromatic rings. The first kappa shape index (κ1) is 63.9. The van der Waals surface area contributed by atoms with Crippen LogP contribution in [0.5, 0.6) is 0 Å². The first-order chi connectivity index (χ1) is 0. The van der Waals surface area contributed by atoms with Crippen LogP contribution in [0.1, 0.15) is 0 Å². The molecule has 44 valence electrons. The van der Waals surface area contributed by atoms with Gasteiger partial charge in [-0.25, -0.2) is 0 Å². The van der Waals surface area contributed by atoms with Crippen molar-refractivity contribution >= 4 is 0 Å². The van der Waals surface area contributed by atoms with Crippen molar-refractivity contribution in [2.45, 2.75) is 0 Å². The third kappa shape index (κ3) is 24.2. The molecule has 2 N–H and O–H groups in total. The van der Waals surface area contributed by atoms with E-state index in [9.17, 15) is 0 Å². The average molecular weight is 249 g/mol. The molecule has 0 aromatic heterocycles. The summed E-state index contributed by atoms with van der Waals surface area (Å²) in [5.74, 6) is 0. The van der Waals surface area contributed by atoms with Crippen LogP contribution < -0.4 is 0 Å². The maximum absolute atomic E-state index is 0. The standard InChI is InChI=1S/Co.Mn.2Ni.H2O/h;;;;1H2. The summed E-state index contributed by atoms with van der Waals surface area (Å²) in [7, 11) is 0. The molecule has 2 radical (unpaired) electrons. The van der Waals surface area contributed by atoms with Crippen molar-refractivity contribution in [2.75, 3.05) is 0 Å². The summed E-state index contributed by atoms with van der Waals surface area (Å²) in [6.45, 7) is 0. The second kappa shape index (κ2) is 37.9. The molecule has 0 fully saturated rings. The SMILES string of the molecule is O.[Co].[Mn].[Ni].[Ni]. The Bertz CT molecular complexity index is 9.61. The molecule has 0 aliphatic carbocycles. The molecule has 5 heteroatoms. The summed E-state index contributed by atoms with van der Waals surface area (Å²) in [6.07, 6.45) is 0. The minimum atomic E-state index is 0. The van der Waals surface area contributed by atoms with Gasteiger partial charge in [-0.05, 0) is 0 Å². The number of hydrogen-bond donors (Lipinski definition) is 0. The molecule has 0 aliphatic heterocycles. The van der Waals surface area contributed by atoms with Gasteiger partial charge in [0, 0.05) is 66.8 Å². The zero-order valence-corrected chi connectivity index (χ0v) is 6.04. The molecule has 0 bridgehead atoms. The van der Waals surface area contributed by atoms with Crippen LogP contribution in [0.4, 0.5) is 0 Å². The van der Waals surface area contributed by atoms with Crippen LogP contribution >= 0.6 is 0 Å². The first-order valence-electron chi connectivity index (χ1n) is 0. The van der Waals surface area contributed by atoms with E-state index in [4.69, 9.17) is 0 Å². The summed E-state index contributed by atoms with van der Waals surface area (Å²) in [6, 6.07) is 0. The zero-order chi connectivity index (χ0) is 0. The second-order valence-corrected chi connectivity index (χ2v) is 0. The van der Waals surface area contributed by atoms with E-state index < -0.39 is 0 Å². The zero-order valence-electron chi connectivity index (χ0n) is 1.84. The maximum Gasteiger partial charge on any atom is 0 e. The minimum Gasteiger partial charge on any atom is -0.412 e. The molecule has 0 saturated carbocycles. The number of hydrogen-bond acceptors (Lipinski definition) is 0. The summed E-state index contributed by atoms with van der Waals surface area (Å²) < 4.78 is 0.